The summed E-state index contributed by atoms with van der Waals surface area (Å²) in [6.45, 7) is 1.99. The summed E-state index contributed by atoms with van der Waals surface area (Å²) in [6.07, 6.45) is 2.64. The fraction of sp³-hybridized carbons (Fsp3) is 0.571. The highest BCUT2D eigenvalue weighted by atomic mass is 19.1. The van der Waals surface area contributed by atoms with E-state index in [2.05, 4.69) is 4.90 Å². The number of hydrogen-bond acceptors (Lipinski definition) is 2. The molecule has 1 aliphatic rings. The molecular weight excluding hydrogens is 217 g/mol. The van der Waals surface area contributed by atoms with Gasteiger partial charge in [0, 0.05) is 17.6 Å². The maximum absolute atomic E-state index is 13.7. The summed E-state index contributed by atoms with van der Waals surface area (Å²) >= 11 is 0. The van der Waals surface area contributed by atoms with Gasteiger partial charge in [0.25, 0.3) is 0 Å². The Bertz CT molecular complexity index is 382. The number of aliphatic hydroxyl groups is 1. The lowest BCUT2D eigenvalue weighted by Gasteiger charge is -2.33. The fourth-order valence-electron chi connectivity index (χ4n) is 2.72. The van der Waals surface area contributed by atoms with Crippen LogP contribution in [-0.2, 0) is 0 Å². The molecule has 17 heavy (non-hydrogen) atoms. The highest BCUT2D eigenvalue weighted by Crippen LogP contribution is 2.30. The zero-order valence-electron chi connectivity index (χ0n) is 10.4. The molecule has 0 bridgehead atoms. The van der Waals surface area contributed by atoms with Crippen molar-refractivity contribution >= 4 is 0 Å². The lowest BCUT2D eigenvalue weighted by molar-refractivity contribution is 0.0646. The van der Waals surface area contributed by atoms with Crippen molar-refractivity contribution in [1.82, 2.24) is 4.90 Å². The first kappa shape index (κ1) is 12.5. The second kappa shape index (κ2) is 5.15. The SMILES string of the molecule is CC(c1ccccc1F)N(C)[C@@H]1CCC[C@H]1O. The van der Waals surface area contributed by atoms with Crippen LogP contribution < -0.4 is 0 Å². The van der Waals surface area contributed by atoms with Gasteiger partial charge in [-0.05, 0) is 39.3 Å². The zero-order valence-corrected chi connectivity index (χ0v) is 10.4. The maximum atomic E-state index is 13.7. The largest absolute Gasteiger partial charge is 0.391 e. The molecule has 94 valence electrons. The standard InChI is InChI=1S/C14H20FNO/c1-10(11-6-3-4-7-12(11)15)16(2)13-8-5-9-14(13)17/h3-4,6-7,10,13-14,17H,5,8-9H2,1-2H3/t10?,13-,14-/m1/s1. The lowest BCUT2D eigenvalue weighted by atomic mass is 10.0. The van der Waals surface area contributed by atoms with Gasteiger partial charge in [-0.1, -0.05) is 18.2 Å². The topological polar surface area (TPSA) is 23.5 Å². The van der Waals surface area contributed by atoms with E-state index in [-0.39, 0.29) is 24.0 Å². The molecule has 1 saturated carbocycles. The van der Waals surface area contributed by atoms with Gasteiger partial charge in [0.05, 0.1) is 6.10 Å². The minimum Gasteiger partial charge on any atom is -0.391 e. The van der Waals surface area contributed by atoms with Crippen molar-refractivity contribution in [3.63, 3.8) is 0 Å². The van der Waals surface area contributed by atoms with E-state index in [1.165, 1.54) is 6.07 Å². The monoisotopic (exact) mass is 237 g/mol. The van der Waals surface area contributed by atoms with Crippen LogP contribution in [0.2, 0.25) is 0 Å². The van der Waals surface area contributed by atoms with Crippen LogP contribution in [0, 0.1) is 5.82 Å². The molecule has 0 aromatic heterocycles. The maximum Gasteiger partial charge on any atom is 0.127 e. The quantitative estimate of drug-likeness (QED) is 0.873. The summed E-state index contributed by atoms with van der Waals surface area (Å²) in [5.74, 6) is -0.167. The Hall–Kier alpha value is -0.930. The van der Waals surface area contributed by atoms with Crippen LogP contribution in [0.5, 0.6) is 0 Å². The smallest absolute Gasteiger partial charge is 0.127 e. The molecule has 0 aliphatic heterocycles. The van der Waals surface area contributed by atoms with E-state index in [0.717, 1.165) is 19.3 Å². The molecular formula is C14H20FNO. The molecule has 0 spiro atoms. The number of nitrogens with zero attached hydrogens (tertiary/aromatic N) is 1. The zero-order chi connectivity index (χ0) is 12.4. The van der Waals surface area contributed by atoms with Gasteiger partial charge >= 0.3 is 0 Å². The van der Waals surface area contributed by atoms with Gasteiger partial charge in [0.2, 0.25) is 0 Å². The molecule has 1 aromatic carbocycles. The van der Waals surface area contributed by atoms with Crippen LogP contribution in [0.3, 0.4) is 0 Å². The van der Waals surface area contributed by atoms with Crippen molar-refractivity contribution in [2.75, 3.05) is 7.05 Å². The van der Waals surface area contributed by atoms with E-state index in [9.17, 15) is 9.50 Å². The van der Waals surface area contributed by atoms with Gasteiger partial charge in [-0.2, -0.15) is 0 Å². The third kappa shape index (κ3) is 2.50. The molecule has 2 rings (SSSR count). The van der Waals surface area contributed by atoms with E-state index in [4.69, 9.17) is 0 Å². The number of hydrogen-bond donors (Lipinski definition) is 1. The second-order valence-corrected chi connectivity index (χ2v) is 4.93. The molecule has 1 fully saturated rings. The van der Waals surface area contributed by atoms with E-state index < -0.39 is 0 Å². The predicted molar refractivity (Wildman–Crippen MR) is 66.2 cm³/mol. The minimum absolute atomic E-state index is 0.00560. The third-order valence-corrected chi connectivity index (χ3v) is 3.93. The summed E-state index contributed by atoms with van der Waals surface area (Å²) in [6, 6.07) is 7.02. The Morgan fingerprint density at radius 3 is 2.65 bits per heavy atom. The first-order chi connectivity index (χ1) is 8.11. The highest BCUT2D eigenvalue weighted by molar-refractivity contribution is 5.21. The van der Waals surface area contributed by atoms with Crippen molar-refractivity contribution in [3.8, 4) is 0 Å². The van der Waals surface area contributed by atoms with Crippen LogP contribution in [0.4, 0.5) is 4.39 Å². The van der Waals surface area contributed by atoms with Crippen LogP contribution in [0.25, 0.3) is 0 Å². The Labute approximate surface area is 102 Å². The van der Waals surface area contributed by atoms with Gasteiger partial charge in [0.1, 0.15) is 5.82 Å². The van der Waals surface area contributed by atoms with E-state index in [1.54, 1.807) is 6.07 Å². The Morgan fingerprint density at radius 1 is 1.35 bits per heavy atom. The van der Waals surface area contributed by atoms with Crippen molar-refractivity contribution in [2.24, 2.45) is 0 Å². The van der Waals surface area contributed by atoms with Gasteiger partial charge in [0.15, 0.2) is 0 Å². The molecule has 3 atom stereocenters. The number of likely N-dealkylation sites (N-methyl/N-ethyl adjacent to an activating group) is 1. The third-order valence-electron chi connectivity index (χ3n) is 3.93. The first-order valence-corrected chi connectivity index (χ1v) is 6.25. The molecule has 3 heteroatoms. The molecule has 0 radical (unpaired) electrons. The average Bonchev–Trinajstić information content (AvgIpc) is 2.74. The molecule has 1 unspecified atom stereocenters. The summed E-state index contributed by atoms with van der Waals surface area (Å²) in [5.41, 5.74) is 0.703. The first-order valence-electron chi connectivity index (χ1n) is 6.25. The number of rotatable bonds is 3. The van der Waals surface area contributed by atoms with Crippen molar-refractivity contribution < 1.29 is 9.50 Å². The summed E-state index contributed by atoms with van der Waals surface area (Å²) in [5, 5.41) is 9.89. The molecule has 1 aromatic rings. The number of aliphatic hydroxyl groups excluding tert-OH is 1. The fourth-order valence-corrected chi connectivity index (χ4v) is 2.72. The molecule has 1 aliphatic carbocycles. The number of benzene rings is 1. The van der Waals surface area contributed by atoms with Crippen LogP contribution in [0.15, 0.2) is 24.3 Å². The van der Waals surface area contributed by atoms with Gasteiger partial charge in [-0.15, -0.1) is 0 Å². The van der Waals surface area contributed by atoms with Crippen LogP contribution >= 0.6 is 0 Å². The summed E-state index contributed by atoms with van der Waals surface area (Å²) in [4.78, 5) is 2.09. The second-order valence-electron chi connectivity index (χ2n) is 4.93. The van der Waals surface area contributed by atoms with Crippen molar-refractivity contribution in [1.29, 1.82) is 0 Å². The van der Waals surface area contributed by atoms with Gasteiger partial charge in [-0.3, -0.25) is 4.90 Å². The Balaban J connectivity index is 2.14. The predicted octanol–water partition coefficient (Wildman–Crippen LogP) is 2.73. The van der Waals surface area contributed by atoms with Crippen LogP contribution in [-0.4, -0.2) is 29.2 Å². The average molecular weight is 237 g/mol. The van der Waals surface area contributed by atoms with Crippen molar-refractivity contribution in [3.05, 3.63) is 35.6 Å². The molecule has 1 N–H and O–H groups in total. The van der Waals surface area contributed by atoms with E-state index in [1.807, 2.05) is 26.1 Å². The molecule has 0 heterocycles. The molecule has 0 saturated heterocycles. The molecule has 2 nitrogen and oxygen atoms in total. The Morgan fingerprint density at radius 2 is 2.06 bits per heavy atom. The van der Waals surface area contributed by atoms with Gasteiger partial charge < -0.3 is 5.11 Å². The number of halogens is 1. The lowest BCUT2D eigenvalue weighted by Crippen LogP contribution is -2.39. The highest BCUT2D eigenvalue weighted by Gasteiger charge is 2.31. The normalized spacial score (nSPS) is 26.4. The minimum atomic E-state index is -0.269. The van der Waals surface area contributed by atoms with Gasteiger partial charge in [-0.25, -0.2) is 4.39 Å². The van der Waals surface area contributed by atoms with Crippen LogP contribution in [0.1, 0.15) is 37.8 Å². The summed E-state index contributed by atoms with van der Waals surface area (Å²) < 4.78 is 13.7. The van der Waals surface area contributed by atoms with E-state index in [0.29, 0.717) is 5.56 Å². The molecule has 0 amide bonds. The van der Waals surface area contributed by atoms with E-state index >= 15 is 0 Å². The Kier molecular flexibility index (Phi) is 3.79. The summed E-state index contributed by atoms with van der Waals surface area (Å²) in [7, 11) is 1.97. The van der Waals surface area contributed by atoms with Crippen molar-refractivity contribution in [2.45, 2.75) is 44.4 Å².